The van der Waals surface area contributed by atoms with Crippen molar-refractivity contribution in [2.75, 3.05) is 13.1 Å². The first-order valence-electron chi connectivity index (χ1n) is 5.87. The van der Waals surface area contributed by atoms with Crippen LogP contribution in [0.25, 0.3) is 0 Å². The minimum absolute atomic E-state index is 0.401. The lowest BCUT2D eigenvalue weighted by Gasteiger charge is -2.28. The maximum absolute atomic E-state index is 13.2. The van der Waals surface area contributed by atoms with Gasteiger partial charge in [0.05, 0.1) is 13.1 Å². The third-order valence-corrected chi connectivity index (χ3v) is 2.74. The fourth-order valence-corrected chi connectivity index (χ4v) is 2.04. The van der Waals surface area contributed by atoms with Crippen molar-refractivity contribution in [3.05, 3.63) is 35.6 Å². The van der Waals surface area contributed by atoms with Crippen LogP contribution in [0.3, 0.4) is 0 Å². The number of aliphatic carboxylic acids is 2. The molecule has 0 radical (unpaired) electrons. The van der Waals surface area contributed by atoms with Gasteiger partial charge >= 0.3 is 11.9 Å². The predicted octanol–water partition coefficient (Wildman–Crippen LogP) is 1.75. The Labute approximate surface area is 110 Å². The van der Waals surface area contributed by atoms with Crippen LogP contribution in [-0.4, -0.2) is 40.1 Å². The van der Waals surface area contributed by atoms with Crippen molar-refractivity contribution in [1.29, 1.82) is 0 Å². The van der Waals surface area contributed by atoms with Crippen molar-refractivity contribution in [2.24, 2.45) is 0 Å². The van der Waals surface area contributed by atoms with Crippen LogP contribution in [0, 0.1) is 5.82 Å². The fourth-order valence-electron chi connectivity index (χ4n) is 2.04. The van der Waals surface area contributed by atoms with Crippen LogP contribution in [0.5, 0.6) is 0 Å². The smallest absolute Gasteiger partial charge is 0.317 e. The normalized spacial score (nSPS) is 12.4. The van der Waals surface area contributed by atoms with Gasteiger partial charge in [0.25, 0.3) is 0 Å². The van der Waals surface area contributed by atoms with Crippen LogP contribution in [0.4, 0.5) is 4.39 Å². The van der Waals surface area contributed by atoms with Crippen molar-refractivity contribution in [2.45, 2.75) is 19.4 Å². The molecule has 0 aromatic heterocycles. The lowest BCUT2D eigenvalue weighted by molar-refractivity contribution is -0.143. The maximum Gasteiger partial charge on any atom is 0.317 e. The van der Waals surface area contributed by atoms with Gasteiger partial charge in [-0.05, 0) is 24.1 Å². The topological polar surface area (TPSA) is 77.8 Å². The molecule has 0 bridgehead atoms. The van der Waals surface area contributed by atoms with E-state index in [4.69, 9.17) is 10.2 Å². The van der Waals surface area contributed by atoms with Gasteiger partial charge in [-0.3, -0.25) is 14.5 Å². The second kappa shape index (κ2) is 6.84. The molecule has 0 saturated carbocycles. The van der Waals surface area contributed by atoms with E-state index in [2.05, 4.69) is 0 Å². The van der Waals surface area contributed by atoms with E-state index in [1.807, 2.05) is 0 Å². The molecule has 104 valence electrons. The van der Waals surface area contributed by atoms with Crippen LogP contribution < -0.4 is 0 Å². The Kier molecular flexibility index (Phi) is 5.44. The summed E-state index contributed by atoms with van der Waals surface area (Å²) in [6.45, 7) is 0.995. The summed E-state index contributed by atoms with van der Waals surface area (Å²) in [7, 11) is 0. The van der Waals surface area contributed by atoms with E-state index in [0.29, 0.717) is 12.0 Å². The molecular weight excluding hydrogens is 253 g/mol. The van der Waals surface area contributed by atoms with Gasteiger partial charge in [-0.2, -0.15) is 0 Å². The minimum atomic E-state index is -1.11. The second-order valence-corrected chi connectivity index (χ2v) is 4.17. The number of carboxylic acids is 2. The molecule has 0 fully saturated rings. The Morgan fingerprint density at radius 2 is 1.84 bits per heavy atom. The maximum atomic E-state index is 13.2. The first-order valence-corrected chi connectivity index (χ1v) is 5.87. The molecule has 0 aliphatic carbocycles. The summed E-state index contributed by atoms with van der Waals surface area (Å²) in [6.07, 6.45) is 0.490. The van der Waals surface area contributed by atoms with Crippen molar-refractivity contribution >= 4 is 11.9 Å². The third-order valence-electron chi connectivity index (χ3n) is 2.74. The molecule has 0 aliphatic rings. The first-order chi connectivity index (χ1) is 8.93. The molecule has 1 aromatic carbocycles. The molecule has 0 spiro atoms. The van der Waals surface area contributed by atoms with Gasteiger partial charge in [0.2, 0.25) is 0 Å². The van der Waals surface area contributed by atoms with E-state index < -0.39 is 36.9 Å². The van der Waals surface area contributed by atoms with Gasteiger partial charge in [-0.15, -0.1) is 0 Å². The van der Waals surface area contributed by atoms with E-state index in [-0.39, 0.29) is 0 Å². The number of halogens is 1. The van der Waals surface area contributed by atoms with Gasteiger partial charge in [-0.1, -0.05) is 19.1 Å². The number of nitrogens with zero attached hydrogens (tertiary/aromatic N) is 1. The molecule has 6 heteroatoms. The van der Waals surface area contributed by atoms with Gasteiger partial charge in [0, 0.05) is 6.04 Å². The van der Waals surface area contributed by atoms with E-state index in [1.54, 1.807) is 13.0 Å². The van der Waals surface area contributed by atoms with E-state index in [1.165, 1.54) is 23.1 Å². The summed E-state index contributed by atoms with van der Waals surface area (Å²) >= 11 is 0. The first kappa shape index (κ1) is 15.1. The van der Waals surface area contributed by atoms with Crippen molar-refractivity contribution < 1.29 is 24.2 Å². The lowest BCUT2D eigenvalue weighted by Crippen LogP contribution is -2.37. The van der Waals surface area contributed by atoms with Crippen LogP contribution in [0.1, 0.15) is 24.9 Å². The van der Waals surface area contributed by atoms with Gasteiger partial charge < -0.3 is 10.2 Å². The predicted molar refractivity (Wildman–Crippen MR) is 66.3 cm³/mol. The number of hydrogen-bond donors (Lipinski definition) is 2. The Hall–Kier alpha value is -1.95. The molecule has 1 atom stereocenters. The molecule has 0 saturated heterocycles. The zero-order chi connectivity index (χ0) is 14.4. The number of benzene rings is 1. The SMILES string of the molecule is CCC(c1cccc(F)c1)N(CC(=O)O)CC(=O)O. The van der Waals surface area contributed by atoms with E-state index in [0.717, 1.165) is 0 Å². The molecule has 0 heterocycles. The molecule has 0 amide bonds. The van der Waals surface area contributed by atoms with E-state index in [9.17, 15) is 14.0 Å². The van der Waals surface area contributed by atoms with Gasteiger partial charge in [0.15, 0.2) is 0 Å². The Bertz CT molecular complexity index is 448. The van der Waals surface area contributed by atoms with Crippen LogP contribution >= 0.6 is 0 Å². The quantitative estimate of drug-likeness (QED) is 0.788. The monoisotopic (exact) mass is 269 g/mol. The standard InChI is InChI=1S/C13H16FNO4/c1-2-11(9-4-3-5-10(14)6-9)15(7-12(16)17)8-13(18)19/h3-6,11H,2,7-8H2,1H3,(H,16,17)(H,18,19). The highest BCUT2D eigenvalue weighted by Crippen LogP contribution is 2.24. The summed E-state index contributed by atoms with van der Waals surface area (Å²) in [5.74, 6) is -2.66. The average Bonchev–Trinajstić information content (AvgIpc) is 2.28. The lowest BCUT2D eigenvalue weighted by atomic mass is 10.0. The highest BCUT2D eigenvalue weighted by atomic mass is 19.1. The summed E-state index contributed by atoms with van der Waals surface area (Å²) in [6, 6.07) is 5.32. The highest BCUT2D eigenvalue weighted by Gasteiger charge is 2.23. The summed E-state index contributed by atoms with van der Waals surface area (Å²) < 4.78 is 13.2. The van der Waals surface area contributed by atoms with Crippen molar-refractivity contribution in [1.82, 2.24) is 4.90 Å². The largest absolute Gasteiger partial charge is 0.480 e. The van der Waals surface area contributed by atoms with E-state index >= 15 is 0 Å². The molecule has 1 unspecified atom stereocenters. The summed E-state index contributed by atoms with van der Waals surface area (Å²) in [4.78, 5) is 22.9. The Morgan fingerprint density at radius 3 is 2.26 bits per heavy atom. The number of rotatable bonds is 7. The second-order valence-electron chi connectivity index (χ2n) is 4.17. The Balaban J connectivity index is 3.00. The minimum Gasteiger partial charge on any atom is -0.480 e. The molecule has 2 N–H and O–H groups in total. The molecule has 1 aromatic rings. The zero-order valence-corrected chi connectivity index (χ0v) is 10.5. The fraction of sp³-hybridized carbons (Fsp3) is 0.385. The van der Waals surface area contributed by atoms with Crippen LogP contribution in [0.15, 0.2) is 24.3 Å². The number of hydrogen-bond acceptors (Lipinski definition) is 3. The van der Waals surface area contributed by atoms with Crippen molar-refractivity contribution in [3.63, 3.8) is 0 Å². The molecule has 19 heavy (non-hydrogen) atoms. The van der Waals surface area contributed by atoms with Crippen LogP contribution in [-0.2, 0) is 9.59 Å². The molecule has 0 aliphatic heterocycles. The van der Waals surface area contributed by atoms with Gasteiger partial charge in [0.1, 0.15) is 5.82 Å². The molecule has 1 rings (SSSR count). The third kappa shape index (κ3) is 4.67. The van der Waals surface area contributed by atoms with Crippen molar-refractivity contribution in [3.8, 4) is 0 Å². The average molecular weight is 269 g/mol. The summed E-state index contributed by atoms with van der Waals surface area (Å²) in [5.41, 5.74) is 0.574. The summed E-state index contributed by atoms with van der Waals surface area (Å²) in [5, 5.41) is 17.7. The molecule has 5 nitrogen and oxygen atoms in total. The van der Waals surface area contributed by atoms with Crippen LogP contribution in [0.2, 0.25) is 0 Å². The zero-order valence-electron chi connectivity index (χ0n) is 10.5. The number of carboxylic acid groups (broad SMARTS) is 2. The molecular formula is C13H16FNO4. The Morgan fingerprint density at radius 1 is 1.26 bits per heavy atom. The highest BCUT2D eigenvalue weighted by molar-refractivity contribution is 5.72. The van der Waals surface area contributed by atoms with Gasteiger partial charge in [-0.25, -0.2) is 4.39 Å². The number of carbonyl (C=O) groups is 2.